The van der Waals surface area contributed by atoms with Gasteiger partial charge in [0.1, 0.15) is 5.75 Å². The number of hydrogen-bond acceptors (Lipinski definition) is 6. The lowest BCUT2D eigenvalue weighted by atomic mass is 10.1. The molecule has 5 nitrogen and oxygen atoms in total. The van der Waals surface area contributed by atoms with Crippen molar-refractivity contribution >= 4 is 11.3 Å². The first-order valence-corrected chi connectivity index (χ1v) is 9.30. The van der Waals surface area contributed by atoms with Gasteiger partial charge in [-0.3, -0.25) is 9.88 Å². The molecule has 0 aliphatic carbocycles. The van der Waals surface area contributed by atoms with Gasteiger partial charge in [0, 0.05) is 48.5 Å². The number of nitrogens with zero attached hydrogens (tertiary/aromatic N) is 2. The van der Waals surface area contributed by atoms with Crippen LogP contribution in [-0.2, 0) is 19.6 Å². The fourth-order valence-electron chi connectivity index (χ4n) is 3.06. The quantitative estimate of drug-likeness (QED) is 0.629. The molecular formula is C20H20N2O3S. The number of methoxy groups -OCH3 is 1. The van der Waals surface area contributed by atoms with E-state index < -0.39 is 0 Å². The van der Waals surface area contributed by atoms with Crippen LogP contribution in [0.15, 0.2) is 54.2 Å². The van der Waals surface area contributed by atoms with Gasteiger partial charge in [-0.05, 0) is 29.1 Å². The van der Waals surface area contributed by atoms with Crippen molar-refractivity contribution in [3.05, 3.63) is 70.2 Å². The van der Waals surface area contributed by atoms with Gasteiger partial charge in [-0.15, -0.1) is 11.3 Å². The number of ether oxygens (including phenoxy) is 3. The molecule has 1 aromatic carbocycles. The van der Waals surface area contributed by atoms with E-state index in [1.807, 2.05) is 24.4 Å². The molecule has 0 N–H and O–H groups in total. The van der Waals surface area contributed by atoms with E-state index in [4.69, 9.17) is 14.2 Å². The Labute approximate surface area is 156 Å². The highest BCUT2D eigenvalue weighted by molar-refractivity contribution is 7.09. The van der Waals surface area contributed by atoms with Crippen molar-refractivity contribution in [2.24, 2.45) is 0 Å². The summed E-state index contributed by atoms with van der Waals surface area (Å²) >= 11 is 1.77. The molecule has 6 heteroatoms. The zero-order valence-corrected chi connectivity index (χ0v) is 15.4. The lowest BCUT2D eigenvalue weighted by Crippen LogP contribution is -2.22. The topological polar surface area (TPSA) is 43.8 Å². The van der Waals surface area contributed by atoms with Crippen LogP contribution in [0, 0.1) is 0 Å². The molecule has 1 aliphatic rings. The summed E-state index contributed by atoms with van der Waals surface area (Å²) in [5.74, 6) is 2.33. The summed E-state index contributed by atoms with van der Waals surface area (Å²) in [5.41, 5.74) is 2.26. The number of aromatic nitrogens is 1. The molecule has 3 heterocycles. The lowest BCUT2D eigenvalue weighted by Gasteiger charge is -2.23. The van der Waals surface area contributed by atoms with E-state index >= 15 is 0 Å². The molecule has 0 saturated heterocycles. The molecule has 134 valence electrons. The van der Waals surface area contributed by atoms with Crippen molar-refractivity contribution in [1.29, 1.82) is 0 Å². The van der Waals surface area contributed by atoms with Gasteiger partial charge >= 0.3 is 0 Å². The third-order valence-electron chi connectivity index (χ3n) is 4.26. The zero-order valence-electron chi connectivity index (χ0n) is 14.6. The second-order valence-corrected chi connectivity index (χ2v) is 7.14. The van der Waals surface area contributed by atoms with Gasteiger partial charge in [-0.25, -0.2) is 0 Å². The summed E-state index contributed by atoms with van der Waals surface area (Å²) in [6.45, 7) is 2.68. The minimum atomic E-state index is 0.260. The van der Waals surface area contributed by atoms with Crippen LogP contribution >= 0.6 is 11.3 Å². The summed E-state index contributed by atoms with van der Waals surface area (Å²) in [6.07, 6.45) is 3.71. The molecule has 0 saturated carbocycles. The van der Waals surface area contributed by atoms with Crippen LogP contribution < -0.4 is 14.2 Å². The number of hydrogen-bond donors (Lipinski definition) is 0. The monoisotopic (exact) mass is 368 g/mol. The largest absolute Gasteiger partial charge is 0.496 e. The van der Waals surface area contributed by atoms with Gasteiger partial charge < -0.3 is 14.2 Å². The summed E-state index contributed by atoms with van der Waals surface area (Å²) in [7, 11) is 1.69. The number of thiophene rings is 1. The van der Waals surface area contributed by atoms with Gasteiger partial charge in [0.25, 0.3) is 0 Å². The second kappa shape index (κ2) is 7.76. The highest BCUT2D eigenvalue weighted by atomic mass is 32.1. The average Bonchev–Trinajstić information content (AvgIpc) is 3.33. The van der Waals surface area contributed by atoms with Crippen LogP contribution in [0.4, 0.5) is 0 Å². The Kier molecular flexibility index (Phi) is 5.04. The highest BCUT2D eigenvalue weighted by Crippen LogP contribution is 2.38. The number of pyridine rings is 1. The van der Waals surface area contributed by atoms with Gasteiger partial charge in [0.2, 0.25) is 6.79 Å². The molecule has 1 aliphatic heterocycles. The molecule has 2 aromatic heterocycles. The Morgan fingerprint density at radius 1 is 1.12 bits per heavy atom. The van der Waals surface area contributed by atoms with E-state index in [9.17, 15) is 0 Å². The maximum Gasteiger partial charge on any atom is 0.231 e. The molecule has 0 unspecified atom stereocenters. The molecule has 26 heavy (non-hydrogen) atoms. The Morgan fingerprint density at radius 3 is 2.73 bits per heavy atom. The summed E-state index contributed by atoms with van der Waals surface area (Å²) in [4.78, 5) is 7.94. The van der Waals surface area contributed by atoms with Gasteiger partial charge in [-0.2, -0.15) is 0 Å². The maximum atomic E-state index is 5.58. The Morgan fingerprint density at radius 2 is 2.00 bits per heavy atom. The van der Waals surface area contributed by atoms with Crippen LogP contribution in [0.25, 0.3) is 0 Å². The highest BCUT2D eigenvalue weighted by Gasteiger charge is 2.20. The Hall–Kier alpha value is -2.57. The molecule has 0 atom stereocenters. The molecular weight excluding hydrogens is 348 g/mol. The minimum absolute atomic E-state index is 0.260. The predicted octanol–water partition coefficient (Wildman–Crippen LogP) is 4.08. The van der Waals surface area contributed by atoms with E-state index in [0.29, 0.717) is 0 Å². The summed E-state index contributed by atoms with van der Waals surface area (Å²) < 4.78 is 16.6. The first kappa shape index (κ1) is 16.9. The fraction of sp³-hybridized carbons (Fsp3) is 0.250. The molecule has 0 fully saturated rings. The van der Waals surface area contributed by atoms with Crippen molar-refractivity contribution in [2.75, 3.05) is 13.9 Å². The van der Waals surface area contributed by atoms with E-state index in [1.54, 1.807) is 24.6 Å². The van der Waals surface area contributed by atoms with Crippen molar-refractivity contribution in [3.63, 3.8) is 0 Å². The molecule has 3 aromatic rings. The van der Waals surface area contributed by atoms with Crippen LogP contribution in [0.3, 0.4) is 0 Å². The average molecular weight is 368 g/mol. The summed E-state index contributed by atoms with van der Waals surface area (Å²) in [5, 5.41) is 2.11. The minimum Gasteiger partial charge on any atom is -0.496 e. The van der Waals surface area contributed by atoms with Crippen molar-refractivity contribution in [3.8, 4) is 17.2 Å². The van der Waals surface area contributed by atoms with Gasteiger partial charge in [-0.1, -0.05) is 12.1 Å². The molecule has 0 amide bonds. The third-order valence-corrected chi connectivity index (χ3v) is 5.12. The number of fused-ring (bicyclic) bond motifs is 1. The zero-order chi connectivity index (χ0) is 17.8. The van der Waals surface area contributed by atoms with E-state index in [-0.39, 0.29) is 6.79 Å². The van der Waals surface area contributed by atoms with Gasteiger partial charge in [0.05, 0.1) is 7.11 Å². The van der Waals surface area contributed by atoms with Gasteiger partial charge in [0.15, 0.2) is 11.5 Å². The first-order valence-electron chi connectivity index (χ1n) is 8.42. The smallest absolute Gasteiger partial charge is 0.231 e. The fourth-order valence-corrected chi connectivity index (χ4v) is 3.81. The van der Waals surface area contributed by atoms with Crippen LogP contribution in [0.1, 0.15) is 16.0 Å². The summed E-state index contributed by atoms with van der Waals surface area (Å²) in [6, 6.07) is 12.3. The normalized spacial score (nSPS) is 12.5. The Bertz CT molecular complexity index is 853. The molecule has 0 radical (unpaired) electrons. The maximum absolute atomic E-state index is 5.58. The first-order chi connectivity index (χ1) is 12.8. The van der Waals surface area contributed by atoms with Crippen molar-refractivity contribution in [1.82, 2.24) is 9.88 Å². The van der Waals surface area contributed by atoms with Crippen LogP contribution in [0.2, 0.25) is 0 Å². The van der Waals surface area contributed by atoms with E-state index in [2.05, 4.69) is 33.5 Å². The van der Waals surface area contributed by atoms with Crippen LogP contribution in [-0.4, -0.2) is 23.8 Å². The molecule has 0 spiro atoms. The van der Waals surface area contributed by atoms with E-state index in [0.717, 1.165) is 42.4 Å². The Balaban J connectivity index is 1.59. The van der Waals surface area contributed by atoms with Crippen molar-refractivity contribution < 1.29 is 14.2 Å². The molecule has 4 rings (SSSR count). The third kappa shape index (κ3) is 3.81. The lowest BCUT2D eigenvalue weighted by molar-refractivity contribution is 0.173. The molecule has 0 bridgehead atoms. The van der Waals surface area contributed by atoms with Crippen LogP contribution in [0.5, 0.6) is 17.2 Å². The number of benzene rings is 1. The standard InChI is InChI=1S/C20H20N2O3S/c1-23-18-9-20-19(24-14-25-20)8-16(18)12-22(13-17-5-3-7-26-17)11-15-4-2-6-21-10-15/h2-10H,11-14H2,1H3. The van der Waals surface area contributed by atoms with Crippen molar-refractivity contribution in [2.45, 2.75) is 19.6 Å². The second-order valence-electron chi connectivity index (χ2n) is 6.10. The number of rotatable bonds is 7. The van der Waals surface area contributed by atoms with E-state index in [1.165, 1.54) is 10.4 Å². The predicted molar refractivity (Wildman–Crippen MR) is 101 cm³/mol. The SMILES string of the molecule is COc1cc2c(cc1CN(Cc1cccnc1)Cc1cccs1)OCO2.